The van der Waals surface area contributed by atoms with E-state index in [1.54, 1.807) is 0 Å². The molecule has 0 bridgehead atoms. The number of nitrogens with zero attached hydrogens (tertiary/aromatic N) is 3. The first-order valence-corrected chi connectivity index (χ1v) is 6.13. The van der Waals surface area contributed by atoms with E-state index in [0.29, 0.717) is 18.1 Å². The minimum absolute atomic E-state index is 0.170. The van der Waals surface area contributed by atoms with Crippen molar-refractivity contribution in [1.82, 2.24) is 9.97 Å². The van der Waals surface area contributed by atoms with Crippen molar-refractivity contribution in [2.24, 2.45) is 0 Å². The van der Waals surface area contributed by atoms with E-state index in [4.69, 9.17) is 0 Å². The predicted octanol–water partition coefficient (Wildman–Crippen LogP) is 3.01. The van der Waals surface area contributed by atoms with E-state index in [-0.39, 0.29) is 11.4 Å². The highest BCUT2D eigenvalue weighted by Gasteiger charge is 2.18. The van der Waals surface area contributed by atoms with Crippen LogP contribution < -0.4 is 5.32 Å². The minimum atomic E-state index is -0.553. The van der Waals surface area contributed by atoms with E-state index in [9.17, 15) is 14.5 Å². The summed E-state index contributed by atoms with van der Waals surface area (Å²) in [6, 6.07) is 5.38. The van der Waals surface area contributed by atoms with Crippen LogP contribution in [0.3, 0.4) is 0 Å². The van der Waals surface area contributed by atoms with Gasteiger partial charge in [-0.2, -0.15) is 0 Å². The highest BCUT2D eigenvalue weighted by molar-refractivity contribution is 5.69. The Labute approximate surface area is 114 Å². The fraction of sp³-hybridized carbons (Fsp3) is 0.231. The van der Waals surface area contributed by atoms with E-state index < -0.39 is 10.7 Å². The maximum Gasteiger partial charge on any atom is 0.313 e. The highest BCUT2D eigenvalue weighted by atomic mass is 19.1. The molecule has 6 nitrogen and oxygen atoms in total. The molecule has 0 aliphatic rings. The number of benzene rings is 1. The van der Waals surface area contributed by atoms with E-state index in [2.05, 4.69) is 15.3 Å². The molecule has 0 unspecified atom stereocenters. The van der Waals surface area contributed by atoms with Crippen LogP contribution in [-0.4, -0.2) is 21.4 Å². The van der Waals surface area contributed by atoms with Gasteiger partial charge in [0.15, 0.2) is 5.69 Å². The fourth-order valence-electron chi connectivity index (χ4n) is 1.65. The molecule has 0 saturated heterocycles. The van der Waals surface area contributed by atoms with Crippen molar-refractivity contribution in [3.05, 3.63) is 46.4 Å². The lowest BCUT2D eigenvalue weighted by molar-refractivity contribution is -0.384. The summed E-state index contributed by atoms with van der Waals surface area (Å²) in [6.45, 7) is 2.65. The van der Waals surface area contributed by atoms with Crippen LogP contribution in [0.2, 0.25) is 0 Å². The molecule has 0 atom stereocenters. The average Bonchev–Trinajstić information content (AvgIpc) is 2.45. The van der Waals surface area contributed by atoms with Gasteiger partial charge in [0.25, 0.3) is 0 Å². The molecule has 0 aliphatic carbocycles. The molecule has 1 N–H and O–H groups in total. The number of anilines is 1. The summed E-state index contributed by atoms with van der Waals surface area (Å²) >= 11 is 0. The normalized spacial score (nSPS) is 10.3. The van der Waals surface area contributed by atoms with Gasteiger partial charge in [-0.25, -0.2) is 14.4 Å². The monoisotopic (exact) mass is 276 g/mol. The maximum atomic E-state index is 12.9. The molecule has 2 rings (SSSR count). The van der Waals surface area contributed by atoms with Gasteiger partial charge < -0.3 is 5.32 Å². The molecule has 2 aromatic rings. The van der Waals surface area contributed by atoms with E-state index in [1.807, 2.05) is 6.92 Å². The van der Waals surface area contributed by atoms with Crippen LogP contribution in [0.25, 0.3) is 11.3 Å². The van der Waals surface area contributed by atoms with Crippen molar-refractivity contribution >= 4 is 11.6 Å². The van der Waals surface area contributed by atoms with Crippen LogP contribution in [0.15, 0.2) is 30.5 Å². The number of halogens is 1. The van der Waals surface area contributed by atoms with Crippen LogP contribution in [0.5, 0.6) is 0 Å². The molecule has 0 amide bonds. The summed E-state index contributed by atoms with van der Waals surface area (Å²) in [4.78, 5) is 18.5. The third-order valence-electron chi connectivity index (χ3n) is 2.62. The van der Waals surface area contributed by atoms with Crippen LogP contribution in [0.4, 0.5) is 16.0 Å². The zero-order valence-electron chi connectivity index (χ0n) is 10.8. The lowest BCUT2D eigenvalue weighted by Gasteiger charge is -2.06. The lowest BCUT2D eigenvalue weighted by Crippen LogP contribution is -2.06. The highest BCUT2D eigenvalue weighted by Crippen LogP contribution is 2.28. The summed E-state index contributed by atoms with van der Waals surface area (Å²) in [5.74, 6) is -0.0911. The Hall–Kier alpha value is -2.57. The van der Waals surface area contributed by atoms with E-state index >= 15 is 0 Å². The van der Waals surface area contributed by atoms with Crippen LogP contribution in [-0.2, 0) is 0 Å². The predicted molar refractivity (Wildman–Crippen MR) is 72.9 cm³/mol. The average molecular weight is 276 g/mol. The van der Waals surface area contributed by atoms with Crippen molar-refractivity contribution in [2.45, 2.75) is 13.3 Å². The Balaban J connectivity index is 2.46. The number of rotatable bonds is 5. The molecule has 0 fully saturated rings. The molecule has 0 saturated carbocycles. The van der Waals surface area contributed by atoms with Crippen molar-refractivity contribution in [2.75, 3.05) is 11.9 Å². The largest absolute Gasteiger partial charge is 0.354 e. The second-order valence-electron chi connectivity index (χ2n) is 4.12. The van der Waals surface area contributed by atoms with Crippen molar-refractivity contribution in [3.63, 3.8) is 0 Å². The van der Waals surface area contributed by atoms with Crippen LogP contribution in [0.1, 0.15) is 13.3 Å². The van der Waals surface area contributed by atoms with Gasteiger partial charge >= 0.3 is 5.69 Å². The first-order valence-electron chi connectivity index (χ1n) is 6.13. The molecule has 0 spiro atoms. The van der Waals surface area contributed by atoms with Gasteiger partial charge in [0.05, 0.1) is 4.92 Å². The SMILES string of the molecule is CCCNc1ncc([N+](=O)[O-])c(-c2ccc(F)cc2)n1. The third-order valence-corrected chi connectivity index (χ3v) is 2.62. The standard InChI is InChI=1S/C13H13FN4O2/c1-2-7-15-13-16-8-11(18(19)20)12(17-13)9-3-5-10(14)6-4-9/h3-6,8H,2,7H2,1H3,(H,15,16,17). The van der Waals surface area contributed by atoms with Gasteiger partial charge in [0.1, 0.15) is 12.0 Å². The fourth-order valence-corrected chi connectivity index (χ4v) is 1.65. The summed E-state index contributed by atoms with van der Waals surface area (Å²) in [6.07, 6.45) is 2.04. The van der Waals surface area contributed by atoms with Crippen LogP contribution >= 0.6 is 0 Å². The zero-order valence-corrected chi connectivity index (χ0v) is 10.8. The Bertz CT molecular complexity index is 616. The molecule has 0 radical (unpaired) electrons. The van der Waals surface area contributed by atoms with E-state index in [1.165, 1.54) is 24.3 Å². The molecular weight excluding hydrogens is 263 g/mol. The second kappa shape index (κ2) is 6.05. The van der Waals surface area contributed by atoms with Crippen LogP contribution in [0, 0.1) is 15.9 Å². The zero-order chi connectivity index (χ0) is 14.5. The smallest absolute Gasteiger partial charge is 0.313 e. The van der Waals surface area contributed by atoms with Gasteiger partial charge in [-0.05, 0) is 30.7 Å². The minimum Gasteiger partial charge on any atom is -0.354 e. The number of hydrogen-bond donors (Lipinski definition) is 1. The number of nitro groups is 1. The van der Waals surface area contributed by atoms with E-state index in [0.717, 1.165) is 12.6 Å². The van der Waals surface area contributed by atoms with Crippen molar-refractivity contribution in [1.29, 1.82) is 0 Å². The topological polar surface area (TPSA) is 81.0 Å². The molecule has 0 aliphatic heterocycles. The Morgan fingerprint density at radius 3 is 2.65 bits per heavy atom. The van der Waals surface area contributed by atoms with Crippen molar-refractivity contribution < 1.29 is 9.31 Å². The number of nitrogens with one attached hydrogen (secondary N) is 1. The number of hydrogen-bond acceptors (Lipinski definition) is 5. The molecular formula is C13H13FN4O2. The molecule has 20 heavy (non-hydrogen) atoms. The molecule has 7 heteroatoms. The second-order valence-corrected chi connectivity index (χ2v) is 4.12. The molecule has 1 aromatic heterocycles. The maximum absolute atomic E-state index is 12.9. The summed E-state index contributed by atoms with van der Waals surface area (Å²) in [7, 11) is 0. The first kappa shape index (κ1) is 13.9. The molecule has 1 heterocycles. The quantitative estimate of drug-likeness (QED) is 0.670. The Morgan fingerprint density at radius 1 is 1.35 bits per heavy atom. The molecule has 1 aromatic carbocycles. The lowest BCUT2D eigenvalue weighted by atomic mass is 10.1. The van der Waals surface area contributed by atoms with Gasteiger partial charge in [0, 0.05) is 12.1 Å². The van der Waals surface area contributed by atoms with Gasteiger partial charge in [-0.3, -0.25) is 10.1 Å². The first-order chi connectivity index (χ1) is 9.61. The van der Waals surface area contributed by atoms with Gasteiger partial charge in [0.2, 0.25) is 5.95 Å². The Morgan fingerprint density at radius 2 is 2.05 bits per heavy atom. The van der Waals surface area contributed by atoms with Crippen molar-refractivity contribution in [3.8, 4) is 11.3 Å². The molecule has 104 valence electrons. The van der Waals surface area contributed by atoms with Gasteiger partial charge in [-0.1, -0.05) is 6.92 Å². The summed E-state index contributed by atoms with van der Waals surface area (Å²) < 4.78 is 12.9. The number of aromatic nitrogens is 2. The summed E-state index contributed by atoms with van der Waals surface area (Å²) in [5, 5.41) is 14.0. The summed E-state index contributed by atoms with van der Waals surface area (Å²) in [5.41, 5.74) is 0.433. The third kappa shape index (κ3) is 3.05. The Kier molecular flexibility index (Phi) is 4.19. The van der Waals surface area contributed by atoms with Gasteiger partial charge in [-0.15, -0.1) is 0 Å².